The van der Waals surface area contributed by atoms with Crippen molar-refractivity contribution < 1.29 is 0 Å². The Morgan fingerprint density at radius 3 is 2.36 bits per heavy atom. The van der Waals surface area contributed by atoms with Gasteiger partial charge in [0, 0.05) is 25.0 Å². The predicted molar refractivity (Wildman–Crippen MR) is 113 cm³/mol. The summed E-state index contributed by atoms with van der Waals surface area (Å²) in [5.74, 6) is 0. The van der Waals surface area contributed by atoms with Gasteiger partial charge in [0.25, 0.3) is 0 Å². The molecule has 0 radical (unpaired) electrons. The van der Waals surface area contributed by atoms with Gasteiger partial charge in [-0.25, -0.2) is 0 Å². The molecule has 132 valence electrons. The first-order valence-electron chi connectivity index (χ1n) is 8.62. The number of hydrazone groups is 1. The van der Waals surface area contributed by atoms with Crippen LogP contribution >= 0.6 is 12.2 Å². The van der Waals surface area contributed by atoms with Gasteiger partial charge >= 0.3 is 0 Å². The molecule has 0 unspecified atom stereocenters. The standard InChI is InChI=1S/C20H26N4S/c1-4-14-24(3)19-12-8-17(9-13-19)15-21-23-20(25)22-18-10-6-16(5-2)7-11-18/h6-13,15H,4-5,14H2,1-3H3,(H2,22,23,25). The van der Waals surface area contributed by atoms with Crippen molar-refractivity contribution >= 4 is 34.9 Å². The zero-order valence-corrected chi connectivity index (χ0v) is 15.9. The molecule has 0 bridgehead atoms. The maximum absolute atomic E-state index is 5.25. The fourth-order valence-corrected chi connectivity index (χ4v) is 2.60. The molecule has 2 aromatic carbocycles. The molecule has 4 nitrogen and oxygen atoms in total. The summed E-state index contributed by atoms with van der Waals surface area (Å²) < 4.78 is 0. The highest BCUT2D eigenvalue weighted by Crippen LogP contribution is 2.13. The van der Waals surface area contributed by atoms with Crippen LogP contribution in [0.3, 0.4) is 0 Å². The number of hydrogen-bond donors (Lipinski definition) is 2. The predicted octanol–water partition coefficient (Wildman–Crippen LogP) is 4.42. The summed E-state index contributed by atoms with van der Waals surface area (Å²) in [4.78, 5) is 2.24. The van der Waals surface area contributed by atoms with Crippen molar-refractivity contribution in [2.45, 2.75) is 26.7 Å². The van der Waals surface area contributed by atoms with E-state index in [0.717, 1.165) is 30.6 Å². The SMILES string of the molecule is CCCN(C)c1ccc(C=NNC(=S)Nc2ccc(CC)cc2)cc1. The van der Waals surface area contributed by atoms with Gasteiger partial charge in [-0.15, -0.1) is 0 Å². The van der Waals surface area contributed by atoms with Crippen LogP contribution in [0, 0.1) is 0 Å². The molecule has 5 heteroatoms. The molecular weight excluding hydrogens is 328 g/mol. The molecule has 0 saturated carbocycles. The van der Waals surface area contributed by atoms with Gasteiger partial charge in [-0.05, 0) is 60.5 Å². The second kappa shape index (κ2) is 9.79. The van der Waals surface area contributed by atoms with E-state index in [0.29, 0.717) is 5.11 Å². The van der Waals surface area contributed by atoms with Crippen LogP contribution in [0.15, 0.2) is 53.6 Å². The third kappa shape index (κ3) is 6.19. The molecule has 2 rings (SSSR count). The number of nitrogens with one attached hydrogen (secondary N) is 2. The minimum Gasteiger partial charge on any atom is -0.375 e. The maximum atomic E-state index is 5.25. The van der Waals surface area contributed by atoms with Crippen molar-refractivity contribution in [3.63, 3.8) is 0 Å². The minimum absolute atomic E-state index is 0.472. The Morgan fingerprint density at radius 1 is 1.08 bits per heavy atom. The Kier molecular flexibility index (Phi) is 7.41. The highest BCUT2D eigenvalue weighted by atomic mass is 32.1. The summed E-state index contributed by atoms with van der Waals surface area (Å²) in [5, 5.41) is 7.78. The lowest BCUT2D eigenvalue weighted by Crippen LogP contribution is -2.23. The van der Waals surface area contributed by atoms with E-state index in [1.807, 2.05) is 24.3 Å². The number of aryl methyl sites for hydroxylation is 1. The van der Waals surface area contributed by atoms with Crippen molar-refractivity contribution in [2.24, 2.45) is 5.10 Å². The molecule has 2 N–H and O–H groups in total. The van der Waals surface area contributed by atoms with Crippen LogP contribution < -0.4 is 15.6 Å². The first kappa shape index (κ1) is 18.9. The summed E-state index contributed by atoms with van der Waals surface area (Å²) in [6, 6.07) is 16.5. The molecule has 0 atom stereocenters. The van der Waals surface area contributed by atoms with Crippen LogP contribution in [0.2, 0.25) is 0 Å². The Bertz CT molecular complexity index is 693. The molecule has 25 heavy (non-hydrogen) atoms. The van der Waals surface area contributed by atoms with Crippen molar-refractivity contribution in [2.75, 3.05) is 23.8 Å². The lowest BCUT2D eigenvalue weighted by Gasteiger charge is -2.18. The molecule has 0 aliphatic rings. The zero-order valence-electron chi connectivity index (χ0n) is 15.1. The topological polar surface area (TPSA) is 39.7 Å². The second-order valence-corrected chi connectivity index (χ2v) is 6.30. The average molecular weight is 355 g/mol. The largest absolute Gasteiger partial charge is 0.375 e. The lowest BCUT2D eigenvalue weighted by atomic mass is 10.1. The van der Waals surface area contributed by atoms with Crippen molar-refractivity contribution in [3.05, 3.63) is 59.7 Å². The fourth-order valence-electron chi connectivity index (χ4n) is 2.43. The first-order valence-corrected chi connectivity index (χ1v) is 9.03. The van der Waals surface area contributed by atoms with Gasteiger partial charge in [0.2, 0.25) is 0 Å². The highest BCUT2D eigenvalue weighted by molar-refractivity contribution is 7.80. The molecule has 0 saturated heterocycles. The van der Waals surface area contributed by atoms with Gasteiger partial charge < -0.3 is 10.2 Å². The minimum atomic E-state index is 0.472. The van der Waals surface area contributed by atoms with Gasteiger partial charge in [0.1, 0.15) is 0 Å². The first-order chi connectivity index (χ1) is 12.1. The van der Waals surface area contributed by atoms with Gasteiger partial charge in [-0.3, -0.25) is 5.43 Å². The van der Waals surface area contributed by atoms with E-state index in [4.69, 9.17) is 12.2 Å². The Labute approximate surface area is 155 Å². The third-order valence-corrected chi connectivity index (χ3v) is 4.09. The van der Waals surface area contributed by atoms with Gasteiger partial charge in [0.15, 0.2) is 5.11 Å². The number of thiocarbonyl (C=S) groups is 1. The van der Waals surface area contributed by atoms with Crippen molar-refractivity contribution in [1.82, 2.24) is 5.43 Å². The van der Waals surface area contributed by atoms with Crippen LogP contribution in [0.5, 0.6) is 0 Å². The van der Waals surface area contributed by atoms with E-state index >= 15 is 0 Å². The van der Waals surface area contributed by atoms with Crippen molar-refractivity contribution in [3.8, 4) is 0 Å². The van der Waals surface area contributed by atoms with E-state index in [1.54, 1.807) is 6.21 Å². The van der Waals surface area contributed by atoms with E-state index in [1.165, 1.54) is 11.3 Å². The Balaban J connectivity index is 1.84. The molecule has 0 aliphatic heterocycles. The number of benzene rings is 2. The summed E-state index contributed by atoms with van der Waals surface area (Å²) >= 11 is 5.25. The fraction of sp³-hybridized carbons (Fsp3) is 0.300. The summed E-state index contributed by atoms with van der Waals surface area (Å²) in [5.41, 5.74) is 7.33. The average Bonchev–Trinajstić information content (AvgIpc) is 2.63. The smallest absolute Gasteiger partial charge is 0.191 e. The Morgan fingerprint density at radius 2 is 1.76 bits per heavy atom. The van der Waals surface area contributed by atoms with Crippen molar-refractivity contribution in [1.29, 1.82) is 0 Å². The molecule has 0 spiro atoms. The summed E-state index contributed by atoms with van der Waals surface area (Å²) in [7, 11) is 2.10. The van der Waals surface area contributed by atoms with Crippen LogP contribution in [0.4, 0.5) is 11.4 Å². The monoisotopic (exact) mass is 354 g/mol. The zero-order chi connectivity index (χ0) is 18.1. The van der Waals surface area contributed by atoms with Gasteiger partial charge in [-0.1, -0.05) is 38.1 Å². The second-order valence-electron chi connectivity index (χ2n) is 5.89. The molecule has 0 heterocycles. The summed E-state index contributed by atoms with van der Waals surface area (Å²) in [6.45, 7) is 5.37. The molecular formula is C20H26N4S. The quantitative estimate of drug-likeness (QED) is 0.439. The third-order valence-electron chi connectivity index (χ3n) is 3.89. The lowest BCUT2D eigenvalue weighted by molar-refractivity contribution is 0.852. The number of rotatable bonds is 7. The molecule has 0 amide bonds. The molecule has 0 aromatic heterocycles. The van der Waals surface area contributed by atoms with Gasteiger partial charge in [0.05, 0.1) is 6.21 Å². The van der Waals surface area contributed by atoms with Gasteiger partial charge in [-0.2, -0.15) is 5.10 Å². The van der Waals surface area contributed by atoms with E-state index in [2.05, 4.69) is 65.9 Å². The highest BCUT2D eigenvalue weighted by Gasteiger charge is 1.99. The molecule has 0 aliphatic carbocycles. The van der Waals surface area contributed by atoms with E-state index in [-0.39, 0.29) is 0 Å². The van der Waals surface area contributed by atoms with E-state index < -0.39 is 0 Å². The summed E-state index contributed by atoms with van der Waals surface area (Å²) in [6.07, 6.45) is 3.92. The van der Waals surface area contributed by atoms with Crippen LogP contribution in [-0.2, 0) is 6.42 Å². The number of hydrogen-bond acceptors (Lipinski definition) is 3. The molecule has 2 aromatic rings. The van der Waals surface area contributed by atoms with Crippen LogP contribution in [0.1, 0.15) is 31.4 Å². The van der Waals surface area contributed by atoms with Crippen LogP contribution in [-0.4, -0.2) is 24.9 Å². The van der Waals surface area contributed by atoms with Crippen LogP contribution in [0.25, 0.3) is 0 Å². The normalized spacial score (nSPS) is 10.7. The van der Waals surface area contributed by atoms with E-state index in [9.17, 15) is 0 Å². The number of anilines is 2. The maximum Gasteiger partial charge on any atom is 0.191 e. The Hall–Kier alpha value is -2.40. The molecule has 0 fully saturated rings. The number of nitrogens with zero attached hydrogens (tertiary/aromatic N) is 2.